The van der Waals surface area contributed by atoms with E-state index in [1.54, 1.807) is 12.1 Å². The maximum absolute atomic E-state index is 12.7. The normalized spacial score (nSPS) is 15.3. The van der Waals surface area contributed by atoms with Crippen LogP contribution in [0, 0.1) is 5.92 Å². The molecule has 0 aliphatic carbocycles. The molecule has 2 rings (SSSR count). The molecule has 0 spiro atoms. The summed E-state index contributed by atoms with van der Waals surface area (Å²) in [5.41, 5.74) is 0.312. The zero-order chi connectivity index (χ0) is 20.7. The lowest BCUT2D eigenvalue weighted by atomic mass is 10.0. The van der Waals surface area contributed by atoms with Gasteiger partial charge in [0.15, 0.2) is 11.5 Å². The summed E-state index contributed by atoms with van der Waals surface area (Å²) in [6.45, 7) is 1.94. The van der Waals surface area contributed by atoms with Gasteiger partial charge >= 0.3 is 6.61 Å². The number of rotatable bonds is 7. The van der Waals surface area contributed by atoms with Crippen LogP contribution in [-0.2, 0) is 9.59 Å². The lowest BCUT2D eigenvalue weighted by molar-refractivity contribution is -0.135. The summed E-state index contributed by atoms with van der Waals surface area (Å²) in [6.07, 6.45) is 4.04. The maximum atomic E-state index is 12.7. The molecular formula is C20H26F2N2O4. The number of nitrogens with zero attached hydrogens (tertiary/aromatic N) is 1. The number of alkyl halides is 2. The van der Waals surface area contributed by atoms with E-state index in [1.807, 2.05) is 18.7 Å². The summed E-state index contributed by atoms with van der Waals surface area (Å²) in [6, 6.07) is 4.65. The molecule has 1 aliphatic rings. The van der Waals surface area contributed by atoms with Crippen molar-refractivity contribution in [2.24, 2.45) is 5.92 Å². The molecule has 1 aromatic carbocycles. The highest BCUT2D eigenvalue weighted by molar-refractivity contribution is 5.92. The summed E-state index contributed by atoms with van der Waals surface area (Å²) in [7, 11) is 1.35. The lowest BCUT2D eigenvalue weighted by Crippen LogP contribution is -2.47. The summed E-state index contributed by atoms with van der Waals surface area (Å²) in [5, 5.41) is 2.88. The smallest absolute Gasteiger partial charge is 0.387 e. The molecular weight excluding hydrogens is 370 g/mol. The highest BCUT2D eigenvalue weighted by Crippen LogP contribution is 2.33. The van der Waals surface area contributed by atoms with Crippen molar-refractivity contribution in [2.45, 2.75) is 39.3 Å². The zero-order valence-electron chi connectivity index (χ0n) is 16.3. The van der Waals surface area contributed by atoms with Gasteiger partial charge < -0.3 is 19.7 Å². The van der Waals surface area contributed by atoms with Gasteiger partial charge in [0.1, 0.15) is 0 Å². The number of nitrogens with one attached hydrogen (secondary N) is 1. The molecule has 1 aliphatic heterocycles. The molecule has 154 valence electrons. The molecule has 0 saturated carbocycles. The van der Waals surface area contributed by atoms with E-state index >= 15 is 0 Å². The topological polar surface area (TPSA) is 67.9 Å². The van der Waals surface area contributed by atoms with Crippen molar-refractivity contribution in [1.82, 2.24) is 10.2 Å². The highest BCUT2D eigenvalue weighted by atomic mass is 19.3. The van der Waals surface area contributed by atoms with Crippen molar-refractivity contribution < 1.29 is 27.8 Å². The quantitative estimate of drug-likeness (QED) is 0.720. The number of piperidine rings is 1. The van der Waals surface area contributed by atoms with Crippen LogP contribution >= 0.6 is 0 Å². The van der Waals surface area contributed by atoms with E-state index < -0.39 is 6.61 Å². The SMILES string of the molecule is COc1cccc(/C=C/C(=O)NC2CCN(C(=O)C(C)C)CC2)c1OC(F)F. The Bertz CT molecular complexity index is 714. The highest BCUT2D eigenvalue weighted by Gasteiger charge is 2.24. The molecule has 0 radical (unpaired) electrons. The summed E-state index contributed by atoms with van der Waals surface area (Å²) in [5.74, 6) is -0.218. The second-order valence-corrected chi connectivity index (χ2v) is 6.85. The first-order chi connectivity index (χ1) is 13.3. The predicted molar refractivity (Wildman–Crippen MR) is 101 cm³/mol. The van der Waals surface area contributed by atoms with Crippen LogP contribution in [0.15, 0.2) is 24.3 Å². The van der Waals surface area contributed by atoms with Crippen LogP contribution in [0.3, 0.4) is 0 Å². The van der Waals surface area contributed by atoms with E-state index in [0.29, 0.717) is 31.5 Å². The molecule has 28 heavy (non-hydrogen) atoms. The third-order valence-corrected chi connectivity index (χ3v) is 4.50. The van der Waals surface area contributed by atoms with E-state index in [4.69, 9.17) is 4.74 Å². The fourth-order valence-electron chi connectivity index (χ4n) is 3.06. The molecule has 2 amide bonds. The van der Waals surface area contributed by atoms with Crippen LogP contribution in [0.1, 0.15) is 32.3 Å². The van der Waals surface area contributed by atoms with Crippen LogP contribution in [0.2, 0.25) is 0 Å². The van der Waals surface area contributed by atoms with E-state index in [-0.39, 0.29) is 35.3 Å². The number of carbonyl (C=O) groups is 2. The van der Waals surface area contributed by atoms with Crippen molar-refractivity contribution in [1.29, 1.82) is 0 Å². The number of para-hydroxylation sites is 1. The average Bonchev–Trinajstić information content (AvgIpc) is 2.66. The maximum Gasteiger partial charge on any atom is 0.387 e. The molecule has 8 heteroatoms. The summed E-state index contributed by atoms with van der Waals surface area (Å²) < 4.78 is 34.9. The lowest BCUT2D eigenvalue weighted by Gasteiger charge is -2.33. The van der Waals surface area contributed by atoms with Crippen LogP contribution < -0.4 is 14.8 Å². The Hall–Kier alpha value is -2.64. The van der Waals surface area contributed by atoms with Crippen LogP contribution in [-0.4, -0.2) is 49.6 Å². The minimum atomic E-state index is -3.00. The van der Waals surface area contributed by atoms with E-state index in [9.17, 15) is 18.4 Å². The zero-order valence-corrected chi connectivity index (χ0v) is 16.3. The number of halogens is 2. The Morgan fingerprint density at radius 1 is 1.25 bits per heavy atom. The predicted octanol–water partition coefficient (Wildman–Crippen LogP) is 3.07. The van der Waals surface area contributed by atoms with Crippen LogP contribution in [0.5, 0.6) is 11.5 Å². The number of ether oxygens (including phenoxy) is 2. The molecule has 1 aromatic rings. The second-order valence-electron chi connectivity index (χ2n) is 6.85. The Labute approximate surface area is 163 Å². The van der Waals surface area contributed by atoms with Gasteiger partial charge in [-0.3, -0.25) is 9.59 Å². The molecule has 1 saturated heterocycles. The monoisotopic (exact) mass is 396 g/mol. The number of hydrogen-bond donors (Lipinski definition) is 1. The summed E-state index contributed by atoms with van der Waals surface area (Å²) in [4.78, 5) is 26.0. The molecule has 1 fully saturated rings. The number of amides is 2. The Morgan fingerprint density at radius 3 is 2.50 bits per heavy atom. The molecule has 0 atom stereocenters. The van der Waals surface area contributed by atoms with E-state index in [2.05, 4.69) is 10.1 Å². The van der Waals surface area contributed by atoms with Gasteiger partial charge in [-0.15, -0.1) is 0 Å². The van der Waals surface area contributed by atoms with Gasteiger partial charge in [0.05, 0.1) is 7.11 Å². The van der Waals surface area contributed by atoms with Crippen molar-refractivity contribution in [3.63, 3.8) is 0 Å². The van der Waals surface area contributed by atoms with Crippen molar-refractivity contribution in [3.8, 4) is 11.5 Å². The van der Waals surface area contributed by atoms with Crippen molar-refractivity contribution in [3.05, 3.63) is 29.8 Å². The fraction of sp³-hybridized carbons (Fsp3) is 0.500. The first-order valence-corrected chi connectivity index (χ1v) is 9.21. The van der Waals surface area contributed by atoms with Gasteiger partial charge in [-0.2, -0.15) is 8.78 Å². The van der Waals surface area contributed by atoms with Gasteiger partial charge in [-0.1, -0.05) is 26.0 Å². The Balaban J connectivity index is 1.95. The average molecular weight is 396 g/mol. The van der Waals surface area contributed by atoms with Gasteiger partial charge in [-0.05, 0) is 25.0 Å². The molecule has 1 N–H and O–H groups in total. The molecule has 6 nitrogen and oxygen atoms in total. The third kappa shape index (κ3) is 5.94. The Kier molecular flexibility index (Phi) is 7.78. The van der Waals surface area contributed by atoms with Crippen molar-refractivity contribution >= 4 is 17.9 Å². The standard InChI is InChI=1S/C20H26F2N2O4/c1-13(2)19(26)24-11-9-15(10-12-24)23-17(25)8-7-14-5-4-6-16(27-3)18(14)28-20(21)22/h4-8,13,15,20H,9-12H2,1-3H3,(H,23,25)/b8-7+. The number of methoxy groups -OCH3 is 1. The Morgan fingerprint density at radius 2 is 1.93 bits per heavy atom. The van der Waals surface area contributed by atoms with Crippen LogP contribution in [0.25, 0.3) is 6.08 Å². The molecule has 0 aromatic heterocycles. The number of benzene rings is 1. The number of likely N-dealkylation sites (tertiary alicyclic amines) is 1. The minimum absolute atomic E-state index is 0.0320. The minimum Gasteiger partial charge on any atom is -0.493 e. The fourth-order valence-corrected chi connectivity index (χ4v) is 3.06. The molecule has 0 bridgehead atoms. The van der Waals surface area contributed by atoms with Gasteiger partial charge in [0.25, 0.3) is 0 Å². The number of hydrogen-bond acceptors (Lipinski definition) is 4. The first kappa shape index (κ1) is 21.7. The first-order valence-electron chi connectivity index (χ1n) is 9.21. The van der Waals surface area contributed by atoms with Gasteiger partial charge in [0.2, 0.25) is 11.8 Å². The van der Waals surface area contributed by atoms with Gasteiger partial charge in [-0.25, -0.2) is 0 Å². The van der Waals surface area contributed by atoms with E-state index in [1.165, 1.54) is 25.3 Å². The summed E-state index contributed by atoms with van der Waals surface area (Å²) >= 11 is 0. The number of carbonyl (C=O) groups excluding carboxylic acids is 2. The van der Waals surface area contributed by atoms with Crippen molar-refractivity contribution in [2.75, 3.05) is 20.2 Å². The van der Waals surface area contributed by atoms with Crippen LogP contribution in [0.4, 0.5) is 8.78 Å². The third-order valence-electron chi connectivity index (χ3n) is 4.50. The largest absolute Gasteiger partial charge is 0.493 e. The van der Waals surface area contributed by atoms with Gasteiger partial charge in [0, 0.05) is 36.7 Å². The second kappa shape index (κ2) is 10.1. The molecule has 0 unspecified atom stereocenters. The van der Waals surface area contributed by atoms with E-state index in [0.717, 1.165) is 0 Å². The molecule has 1 heterocycles.